The molecule has 0 saturated heterocycles. The van der Waals surface area contributed by atoms with E-state index in [-0.39, 0.29) is 18.0 Å². The van der Waals surface area contributed by atoms with Gasteiger partial charge in [-0.25, -0.2) is 13.1 Å². The number of hydrogen-bond acceptors (Lipinski definition) is 3. The molecule has 0 aliphatic rings. The average Bonchev–Trinajstić information content (AvgIpc) is 2.85. The lowest BCUT2D eigenvalue weighted by Gasteiger charge is -2.05. The van der Waals surface area contributed by atoms with Crippen molar-refractivity contribution in [3.63, 3.8) is 0 Å². The zero-order chi connectivity index (χ0) is 13.9. The van der Waals surface area contributed by atoms with Crippen molar-refractivity contribution >= 4 is 10.0 Å². The molecule has 1 aromatic carbocycles. The number of aliphatic hydroxyl groups excluding tert-OH is 1. The maximum atomic E-state index is 12.0. The molecule has 0 amide bonds. The van der Waals surface area contributed by atoms with E-state index < -0.39 is 10.0 Å². The maximum Gasteiger partial charge on any atom is 0.242 e. The number of nitrogens with zero attached hydrogens (tertiary/aromatic N) is 1. The molecule has 1 aromatic heterocycles. The summed E-state index contributed by atoms with van der Waals surface area (Å²) in [6.45, 7) is 0.207. The van der Waals surface area contributed by atoms with Gasteiger partial charge in [0, 0.05) is 26.0 Å². The van der Waals surface area contributed by atoms with Crippen LogP contribution in [0.4, 0.5) is 0 Å². The van der Waals surface area contributed by atoms with Crippen LogP contribution in [0.1, 0.15) is 11.1 Å². The van der Waals surface area contributed by atoms with Crippen LogP contribution in [0.5, 0.6) is 0 Å². The normalized spacial score (nSPS) is 11.7. The van der Waals surface area contributed by atoms with Gasteiger partial charge in [0.2, 0.25) is 10.0 Å². The van der Waals surface area contributed by atoms with E-state index in [0.29, 0.717) is 0 Å². The van der Waals surface area contributed by atoms with Gasteiger partial charge in [-0.2, -0.15) is 0 Å². The third-order valence-electron chi connectivity index (χ3n) is 2.79. The van der Waals surface area contributed by atoms with Crippen LogP contribution in [0.25, 0.3) is 0 Å². The molecule has 0 aliphatic carbocycles. The van der Waals surface area contributed by atoms with Gasteiger partial charge in [-0.3, -0.25) is 0 Å². The Balaban J connectivity index is 2.05. The van der Waals surface area contributed by atoms with Gasteiger partial charge in [-0.1, -0.05) is 24.3 Å². The highest BCUT2D eigenvalue weighted by Crippen LogP contribution is 2.10. The lowest BCUT2D eigenvalue weighted by Crippen LogP contribution is -2.22. The summed E-state index contributed by atoms with van der Waals surface area (Å²) in [5.41, 5.74) is 1.64. The van der Waals surface area contributed by atoms with Crippen LogP contribution in [-0.2, 0) is 30.2 Å². The van der Waals surface area contributed by atoms with E-state index in [1.165, 1.54) is 0 Å². The second kappa shape index (κ2) is 5.56. The average molecular weight is 280 g/mol. The third kappa shape index (κ3) is 3.44. The molecule has 0 unspecified atom stereocenters. The number of rotatable bonds is 5. The number of nitrogens with one attached hydrogen (secondary N) is 1. The molecule has 0 radical (unpaired) electrons. The Morgan fingerprint density at radius 3 is 2.32 bits per heavy atom. The quantitative estimate of drug-likeness (QED) is 0.858. The standard InChI is InChI=1S/C13H16N2O3S/c1-15-7-6-13(9-15)19(17,18)14-8-11-2-4-12(10-16)5-3-11/h2-7,9,14,16H,8,10H2,1H3. The molecule has 0 aliphatic heterocycles. The molecule has 0 fully saturated rings. The second-order valence-electron chi connectivity index (χ2n) is 4.31. The molecule has 1 heterocycles. The van der Waals surface area contributed by atoms with Crippen LogP contribution in [0.15, 0.2) is 47.6 Å². The van der Waals surface area contributed by atoms with Crippen molar-refractivity contribution < 1.29 is 13.5 Å². The second-order valence-corrected chi connectivity index (χ2v) is 6.08. The molecule has 6 heteroatoms. The van der Waals surface area contributed by atoms with Gasteiger partial charge in [0.1, 0.15) is 0 Å². The maximum absolute atomic E-state index is 12.0. The van der Waals surface area contributed by atoms with Gasteiger partial charge in [-0.05, 0) is 17.2 Å². The van der Waals surface area contributed by atoms with Crippen molar-refractivity contribution in [3.8, 4) is 0 Å². The van der Waals surface area contributed by atoms with Crippen LogP contribution >= 0.6 is 0 Å². The highest BCUT2D eigenvalue weighted by atomic mass is 32.2. The predicted molar refractivity (Wildman–Crippen MR) is 71.8 cm³/mol. The topological polar surface area (TPSA) is 71.3 Å². The number of aliphatic hydroxyl groups is 1. The van der Waals surface area contributed by atoms with Gasteiger partial charge in [0.25, 0.3) is 0 Å². The zero-order valence-corrected chi connectivity index (χ0v) is 11.4. The minimum Gasteiger partial charge on any atom is -0.392 e. The van der Waals surface area contributed by atoms with E-state index >= 15 is 0 Å². The molecule has 2 aromatic rings. The smallest absolute Gasteiger partial charge is 0.242 e. The Morgan fingerprint density at radius 2 is 1.79 bits per heavy atom. The summed E-state index contributed by atoms with van der Waals surface area (Å²) < 4.78 is 28.2. The summed E-state index contributed by atoms with van der Waals surface area (Å²) in [5.74, 6) is 0. The zero-order valence-electron chi connectivity index (χ0n) is 10.6. The first-order chi connectivity index (χ1) is 9.01. The summed E-state index contributed by atoms with van der Waals surface area (Å²) in [4.78, 5) is 0.252. The fourth-order valence-corrected chi connectivity index (χ4v) is 2.73. The highest BCUT2D eigenvalue weighted by Gasteiger charge is 2.14. The third-order valence-corrected chi connectivity index (χ3v) is 4.17. The summed E-state index contributed by atoms with van der Waals surface area (Å²) in [6.07, 6.45) is 3.24. The van der Waals surface area contributed by atoms with Gasteiger partial charge in [0.05, 0.1) is 11.5 Å². The number of aromatic nitrogens is 1. The first-order valence-corrected chi connectivity index (χ1v) is 7.30. The Bertz CT molecular complexity index is 645. The molecule has 0 atom stereocenters. The van der Waals surface area contributed by atoms with E-state index in [4.69, 9.17) is 5.11 Å². The molecule has 0 spiro atoms. The summed E-state index contributed by atoms with van der Waals surface area (Å²) in [6, 6.07) is 8.67. The van der Waals surface area contributed by atoms with Crippen LogP contribution in [0.2, 0.25) is 0 Å². The fraction of sp³-hybridized carbons (Fsp3) is 0.231. The lowest BCUT2D eigenvalue weighted by molar-refractivity contribution is 0.282. The van der Waals surface area contributed by atoms with E-state index in [0.717, 1.165) is 11.1 Å². The minimum absolute atomic E-state index is 0.0178. The highest BCUT2D eigenvalue weighted by molar-refractivity contribution is 7.89. The van der Waals surface area contributed by atoms with Crippen molar-refractivity contribution in [1.29, 1.82) is 0 Å². The van der Waals surface area contributed by atoms with Crippen molar-refractivity contribution in [1.82, 2.24) is 9.29 Å². The van der Waals surface area contributed by atoms with Gasteiger partial charge in [0.15, 0.2) is 0 Å². The van der Waals surface area contributed by atoms with E-state index in [9.17, 15) is 8.42 Å². The Labute approximate surface area is 112 Å². The fourth-order valence-electron chi connectivity index (χ4n) is 1.66. The van der Waals surface area contributed by atoms with E-state index in [1.807, 2.05) is 0 Å². The van der Waals surface area contributed by atoms with E-state index in [1.54, 1.807) is 54.3 Å². The molecule has 19 heavy (non-hydrogen) atoms. The van der Waals surface area contributed by atoms with Crippen molar-refractivity contribution in [3.05, 3.63) is 53.9 Å². The van der Waals surface area contributed by atoms with Gasteiger partial charge < -0.3 is 9.67 Å². The number of aryl methyl sites for hydroxylation is 1. The van der Waals surface area contributed by atoms with Crippen molar-refractivity contribution in [2.24, 2.45) is 7.05 Å². The summed E-state index contributed by atoms with van der Waals surface area (Å²) in [5, 5.41) is 8.92. The van der Waals surface area contributed by atoms with Gasteiger partial charge >= 0.3 is 0 Å². The van der Waals surface area contributed by atoms with Crippen LogP contribution < -0.4 is 4.72 Å². The monoisotopic (exact) mass is 280 g/mol. The van der Waals surface area contributed by atoms with Gasteiger partial charge in [-0.15, -0.1) is 0 Å². The molecule has 102 valence electrons. The summed E-state index contributed by atoms with van der Waals surface area (Å²) >= 11 is 0. The van der Waals surface area contributed by atoms with Crippen LogP contribution in [0, 0.1) is 0 Å². The molecule has 0 bridgehead atoms. The largest absolute Gasteiger partial charge is 0.392 e. The molecule has 5 nitrogen and oxygen atoms in total. The SMILES string of the molecule is Cn1ccc(S(=O)(=O)NCc2ccc(CO)cc2)c1. The molecular formula is C13H16N2O3S. The summed E-state index contributed by atoms with van der Waals surface area (Å²) in [7, 11) is -1.70. The first-order valence-electron chi connectivity index (χ1n) is 5.81. The van der Waals surface area contributed by atoms with Crippen molar-refractivity contribution in [2.75, 3.05) is 0 Å². The Kier molecular flexibility index (Phi) is 4.04. The van der Waals surface area contributed by atoms with E-state index in [2.05, 4.69) is 4.72 Å². The van der Waals surface area contributed by atoms with Crippen molar-refractivity contribution in [2.45, 2.75) is 18.0 Å². The molecular weight excluding hydrogens is 264 g/mol. The molecule has 0 saturated carbocycles. The number of hydrogen-bond donors (Lipinski definition) is 2. The first kappa shape index (κ1) is 13.8. The number of benzene rings is 1. The Hall–Kier alpha value is -1.63. The molecule has 2 rings (SSSR count). The lowest BCUT2D eigenvalue weighted by atomic mass is 10.1. The minimum atomic E-state index is -3.47. The number of sulfonamides is 1. The molecule has 2 N–H and O–H groups in total. The van der Waals surface area contributed by atoms with Crippen LogP contribution in [0.3, 0.4) is 0 Å². The Morgan fingerprint density at radius 1 is 1.16 bits per heavy atom. The predicted octanol–water partition coefficient (Wildman–Crippen LogP) is 0.996. The van der Waals surface area contributed by atoms with Crippen LogP contribution in [-0.4, -0.2) is 18.1 Å².